The molecule has 2 amide bonds. The number of nitrogens with one attached hydrogen (secondary N) is 2. The number of alkyl halides is 1. The van der Waals surface area contributed by atoms with Crippen molar-refractivity contribution in [3.63, 3.8) is 0 Å². The maximum absolute atomic E-state index is 14.2. The fraction of sp³-hybridized carbons (Fsp3) is 0.286. The van der Waals surface area contributed by atoms with Gasteiger partial charge in [-0.3, -0.25) is 18.7 Å². The number of rotatable bonds is 5. The standard InChI is InChI=1S/C21H21ClF2N4O4S/c22-14-5-3-4-12(20(14)24)10-25-21(30)16-8-13(23)11-28(16)19(29)9-18-26-15-6-1-2-7-17(15)33(31,32)27-18/h1-7,13,16,31-32H,8-11H2,(H,25,30)(H,26,27)/t13-,16+/m1/s1. The summed E-state index contributed by atoms with van der Waals surface area (Å²) in [4.78, 5) is 26.9. The number of hydrogen-bond donors (Lipinski definition) is 4. The number of amides is 2. The van der Waals surface area contributed by atoms with Crippen molar-refractivity contribution in [2.24, 2.45) is 4.40 Å². The number of para-hydroxylation sites is 1. The normalized spacial score (nSPS) is 22.1. The highest BCUT2D eigenvalue weighted by Gasteiger charge is 2.40. The Balaban J connectivity index is 1.44. The smallest absolute Gasteiger partial charge is 0.243 e. The fourth-order valence-corrected chi connectivity index (χ4v) is 5.19. The lowest BCUT2D eigenvalue weighted by atomic mass is 10.1. The molecule has 2 aliphatic rings. The molecule has 176 valence electrons. The Morgan fingerprint density at radius 1 is 1.24 bits per heavy atom. The van der Waals surface area contributed by atoms with Crippen molar-refractivity contribution < 1.29 is 27.5 Å². The monoisotopic (exact) mass is 498 g/mol. The SMILES string of the molecule is O=C(NCc1cccc(Cl)c1F)[C@@H]1C[C@@H](F)CN1C(=O)CC1=NS(O)(O)c2ccccc2N1. The van der Waals surface area contributed by atoms with Crippen molar-refractivity contribution in [1.82, 2.24) is 10.2 Å². The van der Waals surface area contributed by atoms with Crippen LogP contribution in [-0.4, -0.2) is 50.4 Å². The largest absolute Gasteiger partial charge is 0.350 e. The van der Waals surface area contributed by atoms with E-state index in [4.69, 9.17) is 11.6 Å². The molecule has 1 fully saturated rings. The van der Waals surface area contributed by atoms with Gasteiger partial charge in [0.2, 0.25) is 11.8 Å². The van der Waals surface area contributed by atoms with Crippen LogP contribution in [0.3, 0.4) is 0 Å². The van der Waals surface area contributed by atoms with Crippen LogP contribution in [0.2, 0.25) is 5.02 Å². The van der Waals surface area contributed by atoms with Gasteiger partial charge in [-0.1, -0.05) is 46.6 Å². The zero-order chi connectivity index (χ0) is 23.8. The second-order valence-corrected chi connectivity index (χ2v) is 9.75. The zero-order valence-corrected chi connectivity index (χ0v) is 18.7. The molecule has 0 aliphatic carbocycles. The minimum atomic E-state index is -3.49. The van der Waals surface area contributed by atoms with Gasteiger partial charge in [-0.05, 0) is 18.2 Å². The molecule has 4 rings (SSSR count). The molecule has 0 radical (unpaired) electrons. The number of fused-ring (bicyclic) bond motifs is 1. The minimum Gasteiger partial charge on any atom is -0.350 e. The Labute approximate surface area is 195 Å². The molecule has 0 bridgehead atoms. The van der Waals surface area contributed by atoms with Gasteiger partial charge in [0.15, 0.2) is 0 Å². The van der Waals surface area contributed by atoms with Gasteiger partial charge in [0, 0.05) is 18.5 Å². The maximum Gasteiger partial charge on any atom is 0.243 e. The van der Waals surface area contributed by atoms with E-state index in [0.717, 1.165) is 4.90 Å². The van der Waals surface area contributed by atoms with Crippen molar-refractivity contribution in [3.05, 3.63) is 58.9 Å². The fourth-order valence-electron chi connectivity index (χ4n) is 3.81. The first-order valence-corrected chi connectivity index (χ1v) is 11.9. The number of carbonyl (C=O) groups is 2. The third-order valence-electron chi connectivity index (χ3n) is 5.37. The van der Waals surface area contributed by atoms with Gasteiger partial charge in [-0.15, -0.1) is 4.40 Å². The predicted octanol–water partition coefficient (Wildman–Crippen LogP) is 3.97. The lowest BCUT2D eigenvalue weighted by molar-refractivity contribution is -0.137. The molecule has 0 aromatic heterocycles. The third-order valence-corrected chi connectivity index (χ3v) is 7.09. The summed E-state index contributed by atoms with van der Waals surface area (Å²) in [6.07, 6.45) is -1.99. The molecule has 2 aromatic rings. The van der Waals surface area contributed by atoms with Gasteiger partial charge in [-0.25, -0.2) is 8.78 Å². The van der Waals surface area contributed by atoms with Crippen molar-refractivity contribution in [2.75, 3.05) is 11.9 Å². The van der Waals surface area contributed by atoms with Crippen LogP contribution in [0, 0.1) is 5.82 Å². The number of benzene rings is 2. The molecule has 33 heavy (non-hydrogen) atoms. The average Bonchev–Trinajstić information content (AvgIpc) is 3.16. The van der Waals surface area contributed by atoms with E-state index in [1.165, 1.54) is 24.3 Å². The highest BCUT2D eigenvalue weighted by atomic mass is 35.5. The molecule has 0 unspecified atom stereocenters. The molecule has 8 nitrogen and oxygen atoms in total. The number of likely N-dealkylation sites (tertiary alicyclic amines) is 1. The van der Waals surface area contributed by atoms with E-state index >= 15 is 0 Å². The number of amidine groups is 1. The Bertz CT molecular complexity index is 1130. The quantitative estimate of drug-likeness (QED) is 0.498. The van der Waals surface area contributed by atoms with Crippen LogP contribution in [0.15, 0.2) is 51.8 Å². The molecule has 4 N–H and O–H groups in total. The van der Waals surface area contributed by atoms with Crippen molar-refractivity contribution in [1.29, 1.82) is 0 Å². The van der Waals surface area contributed by atoms with E-state index in [0.29, 0.717) is 5.69 Å². The molecule has 2 atom stereocenters. The van der Waals surface area contributed by atoms with Crippen LogP contribution < -0.4 is 10.6 Å². The zero-order valence-electron chi connectivity index (χ0n) is 17.2. The van der Waals surface area contributed by atoms with E-state index in [1.807, 2.05) is 0 Å². The van der Waals surface area contributed by atoms with Crippen LogP contribution >= 0.6 is 22.4 Å². The highest BCUT2D eigenvalue weighted by molar-refractivity contribution is 8.23. The van der Waals surface area contributed by atoms with E-state index in [1.54, 1.807) is 18.2 Å². The molecule has 2 aromatic carbocycles. The number of halogens is 3. The van der Waals surface area contributed by atoms with Gasteiger partial charge >= 0.3 is 0 Å². The Morgan fingerprint density at radius 2 is 2.00 bits per heavy atom. The average molecular weight is 499 g/mol. The maximum atomic E-state index is 14.2. The molecular weight excluding hydrogens is 478 g/mol. The lowest BCUT2D eigenvalue weighted by Gasteiger charge is -2.34. The van der Waals surface area contributed by atoms with Gasteiger partial charge in [0.05, 0.1) is 23.7 Å². The molecule has 2 heterocycles. The van der Waals surface area contributed by atoms with Crippen molar-refractivity contribution >= 4 is 45.7 Å². The number of carbonyl (C=O) groups excluding carboxylic acids is 2. The first-order chi connectivity index (χ1) is 15.7. The Kier molecular flexibility index (Phi) is 6.57. The summed E-state index contributed by atoms with van der Waals surface area (Å²) in [5.74, 6) is -1.90. The second kappa shape index (κ2) is 9.26. The molecule has 2 aliphatic heterocycles. The lowest BCUT2D eigenvalue weighted by Crippen LogP contribution is -2.46. The summed E-state index contributed by atoms with van der Waals surface area (Å²) < 4.78 is 52.7. The molecule has 1 saturated heterocycles. The molecule has 0 saturated carbocycles. The van der Waals surface area contributed by atoms with Crippen LogP contribution in [-0.2, 0) is 16.1 Å². The Hall–Kier alpha value is -2.73. The highest BCUT2D eigenvalue weighted by Crippen LogP contribution is 2.55. The van der Waals surface area contributed by atoms with Crippen LogP contribution in [0.5, 0.6) is 0 Å². The van der Waals surface area contributed by atoms with Gasteiger partial charge in [0.1, 0.15) is 28.8 Å². The summed E-state index contributed by atoms with van der Waals surface area (Å²) in [5, 5.41) is 5.31. The molecule has 12 heteroatoms. The molecule has 0 spiro atoms. The predicted molar refractivity (Wildman–Crippen MR) is 122 cm³/mol. The van der Waals surface area contributed by atoms with Crippen molar-refractivity contribution in [2.45, 2.75) is 36.5 Å². The summed E-state index contributed by atoms with van der Waals surface area (Å²) >= 11 is 5.74. The van der Waals surface area contributed by atoms with E-state index in [2.05, 4.69) is 15.0 Å². The number of nitrogens with zero attached hydrogens (tertiary/aromatic N) is 2. The Morgan fingerprint density at radius 3 is 2.79 bits per heavy atom. The van der Waals surface area contributed by atoms with Gasteiger partial charge < -0.3 is 15.5 Å². The number of anilines is 1. The molecular formula is C21H21ClF2N4O4S. The topological polar surface area (TPSA) is 114 Å². The summed E-state index contributed by atoms with van der Waals surface area (Å²) in [7, 11) is -3.49. The van der Waals surface area contributed by atoms with Crippen LogP contribution in [0.4, 0.5) is 14.5 Å². The summed E-state index contributed by atoms with van der Waals surface area (Å²) in [6, 6.07) is 9.72. The first kappa shape index (κ1) is 23.4. The van der Waals surface area contributed by atoms with Gasteiger partial charge in [0.25, 0.3) is 0 Å². The second-order valence-electron chi connectivity index (χ2n) is 7.68. The summed E-state index contributed by atoms with van der Waals surface area (Å²) in [6.45, 7) is -0.463. The van der Waals surface area contributed by atoms with Crippen LogP contribution in [0.25, 0.3) is 0 Å². The van der Waals surface area contributed by atoms with E-state index in [9.17, 15) is 27.5 Å². The number of hydrogen-bond acceptors (Lipinski definition) is 6. The first-order valence-electron chi connectivity index (χ1n) is 10.0. The van der Waals surface area contributed by atoms with E-state index < -0.39 is 40.6 Å². The van der Waals surface area contributed by atoms with Crippen molar-refractivity contribution in [3.8, 4) is 0 Å². The third kappa shape index (κ3) is 4.96. The minimum absolute atomic E-state index is 0.00108. The van der Waals surface area contributed by atoms with E-state index in [-0.39, 0.29) is 47.2 Å². The summed E-state index contributed by atoms with van der Waals surface area (Å²) in [5.41, 5.74) is 0.561. The van der Waals surface area contributed by atoms with Gasteiger partial charge in [-0.2, -0.15) is 0 Å². The van der Waals surface area contributed by atoms with Crippen LogP contribution in [0.1, 0.15) is 18.4 Å².